The molecule has 1 amide bonds. The molecular weight excluding hydrogens is 302 g/mol. The second kappa shape index (κ2) is 8.17. The van der Waals surface area contributed by atoms with Gasteiger partial charge in [-0.2, -0.15) is 0 Å². The van der Waals surface area contributed by atoms with Crippen molar-refractivity contribution < 1.29 is 29.0 Å². The molecule has 1 N–H and O–H groups in total. The van der Waals surface area contributed by atoms with Crippen molar-refractivity contribution >= 4 is 18.0 Å². The average Bonchev–Trinajstić information content (AvgIpc) is 2.47. The molecule has 0 aromatic heterocycles. The van der Waals surface area contributed by atoms with Crippen molar-refractivity contribution in [2.24, 2.45) is 5.41 Å². The fourth-order valence-electron chi connectivity index (χ4n) is 2.53. The SMILES string of the molecule is CC(C(=O)O)N(C(=O)OCOC(=O)C(C)(C)C)C1CCCCC1. The Morgan fingerprint density at radius 3 is 2.17 bits per heavy atom. The molecule has 23 heavy (non-hydrogen) atoms. The summed E-state index contributed by atoms with van der Waals surface area (Å²) >= 11 is 0. The van der Waals surface area contributed by atoms with E-state index in [0.29, 0.717) is 0 Å². The van der Waals surface area contributed by atoms with Crippen molar-refractivity contribution in [1.82, 2.24) is 4.90 Å². The third-order valence-corrected chi connectivity index (χ3v) is 3.94. The predicted molar refractivity (Wildman–Crippen MR) is 82.7 cm³/mol. The molecule has 0 radical (unpaired) electrons. The summed E-state index contributed by atoms with van der Waals surface area (Å²) < 4.78 is 9.87. The number of carbonyl (C=O) groups is 3. The van der Waals surface area contributed by atoms with Crippen molar-refractivity contribution in [1.29, 1.82) is 0 Å². The lowest BCUT2D eigenvalue weighted by molar-refractivity contribution is -0.163. The lowest BCUT2D eigenvalue weighted by Gasteiger charge is -2.35. The van der Waals surface area contributed by atoms with Gasteiger partial charge in [0.1, 0.15) is 6.04 Å². The number of carbonyl (C=O) groups excluding carboxylic acids is 2. The zero-order valence-corrected chi connectivity index (χ0v) is 14.3. The van der Waals surface area contributed by atoms with E-state index in [1.165, 1.54) is 11.8 Å². The van der Waals surface area contributed by atoms with Crippen LogP contribution in [-0.4, -0.2) is 46.9 Å². The number of esters is 1. The van der Waals surface area contributed by atoms with Gasteiger partial charge >= 0.3 is 18.0 Å². The van der Waals surface area contributed by atoms with Crippen LogP contribution in [0.3, 0.4) is 0 Å². The molecule has 7 heteroatoms. The third-order valence-electron chi connectivity index (χ3n) is 3.94. The summed E-state index contributed by atoms with van der Waals surface area (Å²) in [5, 5.41) is 9.22. The molecule has 0 saturated heterocycles. The number of nitrogens with zero attached hydrogens (tertiary/aromatic N) is 1. The van der Waals surface area contributed by atoms with E-state index in [1.54, 1.807) is 20.8 Å². The smallest absolute Gasteiger partial charge is 0.413 e. The van der Waals surface area contributed by atoms with Crippen LogP contribution in [0, 0.1) is 5.41 Å². The molecular formula is C16H27NO6. The van der Waals surface area contributed by atoms with E-state index in [-0.39, 0.29) is 6.04 Å². The summed E-state index contributed by atoms with van der Waals surface area (Å²) in [7, 11) is 0. The largest absolute Gasteiger partial charge is 0.480 e. The number of hydrogen-bond donors (Lipinski definition) is 1. The lowest BCUT2D eigenvalue weighted by atomic mass is 9.93. The van der Waals surface area contributed by atoms with E-state index < -0.39 is 36.3 Å². The lowest BCUT2D eigenvalue weighted by Crippen LogP contribution is -2.50. The zero-order chi connectivity index (χ0) is 17.6. The first-order valence-electron chi connectivity index (χ1n) is 7.99. The fourth-order valence-corrected chi connectivity index (χ4v) is 2.53. The summed E-state index contributed by atoms with van der Waals surface area (Å²) in [6.07, 6.45) is 3.76. The van der Waals surface area contributed by atoms with Crippen molar-refractivity contribution in [2.45, 2.75) is 71.9 Å². The molecule has 1 saturated carbocycles. The van der Waals surface area contributed by atoms with Crippen molar-refractivity contribution in [3.05, 3.63) is 0 Å². The summed E-state index contributed by atoms with van der Waals surface area (Å²) in [5.74, 6) is -1.57. The van der Waals surface area contributed by atoms with Gasteiger partial charge in [0.05, 0.1) is 5.41 Å². The van der Waals surface area contributed by atoms with E-state index in [1.807, 2.05) is 0 Å². The van der Waals surface area contributed by atoms with Crippen molar-refractivity contribution in [3.8, 4) is 0 Å². The number of carboxylic acids is 1. The molecule has 7 nitrogen and oxygen atoms in total. The normalized spacial score (nSPS) is 17.2. The van der Waals surface area contributed by atoms with E-state index in [4.69, 9.17) is 9.47 Å². The topological polar surface area (TPSA) is 93.1 Å². The van der Waals surface area contributed by atoms with Crippen LogP contribution in [0.2, 0.25) is 0 Å². The fraction of sp³-hybridized carbons (Fsp3) is 0.812. The minimum absolute atomic E-state index is 0.152. The van der Waals surface area contributed by atoms with Crippen LogP contribution >= 0.6 is 0 Å². The number of rotatable bonds is 5. The molecule has 1 rings (SSSR count). The number of hydrogen-bond acceptors (Lipinski definition) is 5. The van der Waals surface area contributed by atoms with Gasteiger partial charge in [-0.3, -0.25) is 9.69 Å². The maximum atomic E-state index is 12.3. The van der Waals surface area contributed by atoms with Crippen LogP contribution in [0.5, 0.6) is 0 Å². The first kappa shape index (κ1) is 19.3. The Hall–Kier alpha value is -1.79. The Morgan fingerprint density at radius 2 is 1.70 bits per heavy atom. The van der Waals surface area contributed by atoms with E-state index in [9.17, 15) is 19.5 Å². The Bertz CT molecular complexity index is 436. The summed E-state index contributed by atoms with van der Waals surface area (Å²) in [5.41, 5.74) is -0.691. The minimum atomic E-state index is -1.08. The molecule has 0 aromatic rings. The maximum absolute atomic E-state index is 12.3. The van der Waals surface area contributed by atoms with Gasteiger partial charge in [-0.1, -0.05) is 19.3 Å². The van der Waals surface area contributed by atoms with Gasteiger partial charge in [0.2, 0.25) is 6.79 Å². The molecule has 1 aliphatic carbocycles. The molecule has 0 aliphatic heterocycles. The Labute approximate surface area is 136 Å². The standard InChI is InChI=1S/C16H27NO6/c1-11(13(18)19)17(12-8-6-5-7-9-12)15(21)23-10-22-14(20)16(2,3)4/h11-12H,5-10H2,1-4H3,(H,18,19). The van der Waals surface area contributed by atoms with Gasteiger partial charge in [-0.05, 0) is 40.5 Å². The van der Waals surface area contributed by atoms with E-state index >= 15 is 0 Å². The zero-order valence-electron chi connectivity index (χ0n) is 14.3. The predicted octanol–water partition coefficient (Wildman–Crippen LogP) is 2.78. The van der Waals surface area contributed by atoms with Gasteiger partial charge in [-0.15, -0.1) is 0 Å². The van der Waals surface area contributed by atoms with Crippen LogP contribution < -0.4 is 0 Å². The molecule has 132 valence electrons. The first-order valence-corrected chi connectivity index (χ1v) is 7.99. The Balaban J connectivity index is 2.64. The van der Waals surface area contributed by atoms with E-state index in [0.717, 1.165) is 32.1 Å². The molecule has 0 heterocycles. The quantitative estimate of drug-likeness (QED) is 0.616. The summed E-state index contributed by atoms with van der Waals surface area (Å²) in [6.45, 7) is 6.03. The number of amides is 1. The van der Waals surface area contributed by atoms with Crippen LogP contribution in [0.1, 0.15) is 59.8 Å². The van der Waals surface area contributed by atoms with Crippen LogP contribution in [0.4, 0.5) is 4.79 Å². The summed E-state index contributed by atoms with van der Waals surface area (Å²) in [6, 6.07) is -1.13. The number of ether oxygens (including phenoxy) is 2. The van der Waals surface area contributed by atoms with Gasteiger partial charge in [0.25, 0.3) is 0 Å². The average molecular weight is 329 g/mol. The maximum Gasteiger partial charge on any atom is 0.413 e. The highest BCUT2D eigenvalue weighted by Crippen LogP contribution is 2.25. The number of carboxylic acid groups (broad SMARTS) is 1. The van der Waals surface area contributed by atoms with Gasteiger partial charge < -0.3 is 14.6 Å². The highest BCUT2D eigenvalue weighted by molar-refractivity contribution is 5.80. The third kappa shape index (κ3) is 5.73. The molecule has 0 spiro atoms. The molecule has 1 unspecified atom stereocenters. The monoisotopic (exact) mass is 329 g/mol. The highest BCUT2D eigenvalue weighted by Gasteiger charge is 2.34. The highest BCUT2D eigenvalue weighted by atomic mass is 16.7. The first-order chi connectivity index (χ1) is 10.6. The summed E-state index contributed by atoms with van der Waals surface area (Å²) in [4.78, 5) is 36.4. The molecule has 1 fully saturated rings. The van der Waals surface area contributed by atoms with Crippen molar-refractivity contribution in [3.63, 3.8) is 0 Å². The Kier molecular flexibility index (Phi) is 6.84. The van der Waals surface area contributed by atoms with Crippen molar-refractivity contribution in [2.75, 3.05) is 6.79 Å². The van der Waals surface area contributed by atoms with Gasteiger partial charge in [0, 0.05) is 6.04 Å². The second-order valence-electron chi connectivity index (χ2n) is 6.92. The second-order valence-corrected chi connectivity index (χ2v) is 6.92. The molecule has 0 bridgehead atoms. The molecule has 0 aromatic carbocycles. The van der Waals surface area contributed by atoms with Gasteiger partial charge in [0.15, 0.2) is 0 Å². The molecule has 1 atom stereocenters. The van der Waals surface area contributed by atoms with Crippen LogP contribution in [-0.2, 0) is 19.1 Å². The van der Waals surface area contributed by atoms with Crippen LogP contribution in [0.25, 0.3) is 0 Å². The van der Waals surface area contributed by atoms with E-state index in [2.05, 4.69) is 0 Å². The number of aliphatic carboxylic acids is 1. The van der Waals surface area contributed by atoms with Crippen LogP contribution in [0.15, 0.2) is 0 Å². The van der Waals surface area contributed by atoms with Gasteiger partial charge in [-0.25, -0.2) is 9.59 Å². The minimum Gasteiger partial charge on any atom is -0.480 e. The molecule has 1 aliphatic rings. The Morgan fingerprint density at radius 1 is 1.13 bits per heavy atom.